The van der Waals surface area contributed by atoms with Gasteiger partial charge in [-0.3, -0.25) is 19.4 Å². The van der Waals surface area contributed by atoms with E-state index in [4.69, 9.17) is 0 Å². The molecule has 0 spiro atoms. The molecule has 6 rings (SSSR count). The Kier molecular flexibility index (Phi) is 5.97. The van der Waals surface area contributed by atoms with E-state index in [0.717, 1.165) is 37.1 Å². The van der Waals surface area contributed by atoms with Crippen molar-refractivity contribution in [2.24, 2.45) is 0 Å². The number of hydrogen-bond acceptors (Lipinski definition) is 4. The molecule has 3 aliphatic heterocycles. The van der Waals surface area contributed by atoms with Crippen LogP contribution in [0.3, 0.4) is 0 Å². The van der Waals surface area contributed by atoms with Crippen molar-refractivity contribution in [1.29, 1.82) is 0 Å². The van der Waals surface area contributed by atoms with Crippen LogP contribution in [0.2, 0.25) is 0 Å². The molecule has 32 heavy (non-hydrogen) atoms. The van der Waals surface area contributed by atoms with Gasteiger partial charge in [0, 0.05) is 36.3 Å². The molecule has 0 aromatic heterocycles. The van der Waals surface area contributed by atoms with Crippen molar-refractivity contribution >= 4 is 11.6 Å². The van der Waals surface area contributed by atoms with E-state index in [1.54, 1.807) is 0 Å². The van der Waals surface area contributed by atoms with Crippen molar-refractivity contribution in [1.82, 2.24) is 9.80 Å². The zero-order chi connectivity index (χ0) is 21.9. The van der Waals surface area contributed by atoms with Gasteiger partial charge in [-0.25, -0.2) is 0 Å². The van der Waals surface area contributed by atoms with E-state index in [2.05, 4.69) is 34.1 Å². The predicted octanol–water partition coefficient (Wildman–Crippen LogP) is 3.91. The van der Waals surface area contributed by atoms with Crippen molar-refractivity contribution < 1.29 is 9.59 Å². The first-order valence-corrected chi connectivity index (χ1v) is 11.4. The number of piperazine rings is 1. The molecule has 3 heterocycles. The Hall–Kier alpha value is -3.08. The van der Waals surface area contributed by atoms with Gasteiger partial charge in [-0.2, -0.15) is 0 Å². The number of nitrogens with zero attached hydrogens (tertiary/aromatic N) is 2. The van der Waals surface area contributed by atoms with Gasteiger partial charge in [0.25, 0.3) is 0 Å². The second kappa shape index (κ2) is 9.19. The minimum Gasteiger partial charge on any atom is -0.293 e. The maximum atomic E-state index is 13.0. The molecule has 162 valence electrons. The highest BCUT2D eigenvalue weighted by Crippen LogP contribution is 2.28. The number of Topliss-reactive ketones (excluding diaryl/α,β-unsaturated/α-hetero) is 2. The normalized spacial score (nSPS) is 20.9. The van der Waals surface area contributed by atoms with Gasteiger partial charge in [0.1, 0.15) is 0 Å². The van der Waals surface area contributed by atoms with Crippen LogP contribution in [0.5, 0.6) is 0 Å². The third kappa shape index (κ3) is 4.43. The van der Waals surface area contributed by atoms with E-state index in [1.165, 1.54) is 11.1 Å². The van der Waals surface area contributed by atoms with Crippen LogP contribution in [0.4, 0.5) is 0 Å². The molecular weight excluding hydrogens is 396 g/mol. The smallest absolute Gasteiger partial charge is 0.176 e. The molecular formula is C28H28N2O2. The lowest BCUT2D eigenvalue weighted by Crippen LogP contribution is -2.62. The average molecular weight is 425 g/mol. The summed E-state index contributed by atoms with van der Waals surface area (Å²) in [5.41, 5.74) is 4.27. The fraction of sp³-hybridized carbons (Fsp3) is 0.286. The Labute approximate surface area is 189 Å². The number of hydrogen-bond donors (Lipinski definition) is 0. The lowest BCUT2D eigenvalue weighted by molar-refractivity contribution is 0.0245. The standard InChI is InChI=1S/C28H28N2O2/c31-27(21-9-3-1-4-10-21)19-29-17-26-16-24-14-8-7-13-23(24)15-25(29)18-30(26)20-28(32)22-11-5-2-6-12-22/h1-14,25-26H,15-20H2. The van der Waals surface area contributed by atoms with E-state index in [1.807, 2.05) is 60.7 Å². The maximum Gasteiger partial charge on any atom is 0.176 e. The number of carbonyl (C=O) groups excluding carboxylic acids is 2. The first-order chi connectivity index (χ1) is 15.7. The highest BCUT2D eigenvalue weighted by Gasteiger charge is 2.38. The zero-order valence-electron chi connectivity index (χ0n) is 18.2. The summed E-state index contributed by atoms with van der Waals surface area (Å²) in [5, 5.41) is 0. The molecule has 3 aromatic rings. The monoisotopic (exact) mass is 424 g/mol. The second-order valence-electron chi connectivity index (χ2n) is 8.92. The van der Waals surface area contributed by atoms with Crippen molar-refractivity contribution in [2.45, 2.75) is 24.9 Å². The van der Waals surface area contributed by atoms with Gasteiger partial charge in [-0.05, 0) is 24.0 Å². The summed E-state index contributed by atoms with van der Waals surface area (Å²) in [4.78, 5) is 30.6. The third-order valence-corrected chi connectivity index (χ3v) is 6.84. The predicted molar refractivity (Wildman–Crippen MR) is 126 cm³/mol. The summed E-state index contributed by atoms with van der Waals surface area (Å²) < 4.78 is 0. The summed E-state index contributed by atoms with van der Waals surface area (Å²) in [6, 6.07) is 28.2. The van der Waals surface area contributed by atoms with Gasteiger partial charge in [0.05, 0.1) is 13.1 Å². The molecule has 3 aromatic carbocycles. The van der Waals surface area contributed by atoms with E-state index in [9.17, 15) is 9.59 Å². The van der Waals surface area contributed by atoms with Crippen LogP contribution < -0.4 is 0 Å². The van der Waals surface area contributed by atoms with Gasteiger partial charge in [0.15, 0.2) is 11.6 Å². The molecule has 2 bridgehead atoms. The highest BCUT2D eigenvalue weighted by molar-refractivity contribution is 5.98. The molecule has 2 unspecified atom stereocenters. The molecule has 0 amide bonds. The van der Waals surface area contributed by atoms with E-state index in [-0.39, 0.29) is 23.7 Å². The van der Waals surface area contributed by atoms with Crippen LogP contribution >= 0.6 is 0 Å². The maximum absolute atomic E-state index is 13.0. The molecule has 3 aliphatic rings. The summed E-state index contributed by atoms with van der Waals surface area (Å²) in [6.45, 7) is 2.46. The topological polar surface area (TPSA) is 40.6 Å². The van der Waals surface area contributed by atoms with E-state index in [0.29, 0.717) is 13.1 Å². The molecule has 4 nitrogen and oxygen atoms in total. The van der Waals surface area contributed by atoms with Crippen LogP contribution in [-0.2, 0) is 12.8 Å². The summed E-state index contributed by atoms with van der Waals surface area (Å²) in [5.74, 6) is 0.328. The van der Waals surface area contributed by atoms with Crippen LogP contribution in [0.1, 0.15) is 31.8 Å². The second-order valence-corrected chi connectivity index (χ2v) is 8.92. The largest absolute Gasteiger partial charge is 0.293 e. The first kappa shape index (κ1) is 20.8. The van der Waals surface area contributed by atoms with Crippen molar-refractivity contribution in [3.63, 3.8) is 0 Å². The van der Waals surface area contributed by atoms with Crippen LogP contribution in [0, 0.1) is 0 Å². The van der Waals surface area contributed by atoms with E-state index < -0.39 is 0 Å². The van der Waals surface area contributed by atoms with Crippen LogP contribution in [0.25, 0.3) is 0 Å². The Morgan fingerprint density at radius 1 is 0.594 bits per heavy atom. The molecule has 0 N–H and O–H groups in total. The first-order valence-electron chi connectivity index (χ1n) is 11.4. The number of fused-ring (bicyclic) bond motifs is 2. The Bertz CT molecular complexity index is 1010. The van der Waals surface area contributed by atoms with Gasteiger partial charge in [-0.1, -0.05) is 84.9 Å². The van der Waals surface area contributed by atoms with Crippen molar-refractivity contribution in [3.05, 3.63) is 107 Å². The Balaban J connectivity index is 1.38. The fourth-order valence-electron chi connectivity index (χ4n) is 5.11. The average Bonchev–Trinajstić information content (AvgIpc) is 2.82. The van der Waals surface area contributed by atoms with Gasteiger partial charge in [-0.15, -0.1) is 0 Å². The number of carbonyl (C=O) groups is 2. The molecule has 4 heteroatoms. The molecule has 2 atom stereocenters. The summed E-state index contributed by atoms with van der Waals surface area (Å²) >= 11 is 0. The molecule has 0 radical (unpaired) electrons. The molecule has 1 saturated heterocycles. The lowest BCUT2D eigenvalue weighted by atomic mass is 9.87. The van der Waals surface area contributed by atoms with Gasteiger partial charge in [0.2, 0.25) is 0 Å². The van der Waals surface area contributed by atoms with Crippen molar-refractivity contribution in [2.75, 3.05) is 26.2 Å². The van der Waals surface area contributed by atoms with Crippen molar-refractivity contribution in [3.8, 4) is 0 Å². The van der Waals surface area contributed by atoms with Crippen LogP contribution in [-0.4, -0.2) is 59.6 Å². The number of rotatable bonds is 6. The molecule has 0 aliphatic carbocycles. The molecule has 0 saturated carbocycles. The molecule has 1 fully saturated rings. The van der Waals surface area contributed by atoms with E-state index >= 15 is 0 Å². The number of benzene rings is 3. The van der Waals surface area contributed by atoms with Gasteiger partial charge < -0.3 is 0 Å². The third-order valence-electron chi connectivity index (χ3n) is 6.84. The van der Waals surface area contributed by atoms with Crippen LogP contribution in [0.15, 0.2) is 84.9 Å². The highest BCUT2D eigenvalue weighted by atomic mass is 16.1. The summed E-state index contributed by atoms with van der Waals surface area (Å²) in [7, 11) is 0. The number of ketones is 2. The Morgan fingerprint density at radius 2 is 0.969 bits per heavy atom. The van der Waals surface area contributed by atoms with Gasteiger partial charge >= 0.3 is 0 Å². The quantitative estimate of drug-likeness (QED) is 0.563. The minimum atomic E-state index is 0.164. The fourth-order valence-corrected chi connectivity index (χ4v) is 5.11. The Morgan fingerprint density at radius 3 is 1.38 bits per heavy atom. The lowest BCUT2D eigenvalue weighted by Gasteiger charge is -2.48. The summed E-state index contributed by atoms with van der Waals surface area (Å²) in [6.07, 6.45) is 1.81. The minimum absolute atomic E-state index is 0.164. The zero-order valence-corrected chi connectivity index (χ0v) is 18.2. The SMILES string of the molecule is O=C(CN1CC2Cc3ccccc3CC1CN2CC(=O)c1ccccc1)c1ccccc1.